The van der Waals surface area contributed by atoms with Crippen molar-refractivity contribution in [2.75, 3.05) is 13.2 Å². The fourth-order valence-electron chi connectivity index (χ4n) is 2.04. The van der Waals surface area contributed by atoms with Crippen molar-refractivity contribution in [1.29, 1.82) is 0 Å². The number of nitro groups is 1. The molecular weight excluding hydrogens is 244 g/mol. The van der Waals surface area contributed by atoms with Gasteiger partial charge < -0.3 is 10.1 Å². The molecule has 1 aromatic rings. The summed E-state index contributed by atoms with van der Waals surface area (Å²) in [5, 5.41) is 14.3. The number of hydrogen-bond donors (Lipinski definition) is 1. The quantitative estimate of drug-likeness (QED) is 0.580. The molecule has 0 fully saturated rings. The number of rotatable bonds is 8. The summed E-state index contributed by atoms with van der Waals surface area (Å²) in [7, 11) is 0. The van der Waals surface area contributed by atoms with Crippen LogP contribution >= 0.6 is 0 Å². The Balaban J connectivity index is 2.91. The maximum Gasteiger partial charge on any atom is 0.310 e. The molecule has 0 spiro atoms. The first kappa shape index (κ1) is 15.4. The number of benzene rings is 1. The molecule has 0 aliphatic carbocycles. The van der Waals surface area contributed by atoms with Crippen LogP contribution in [-0.4, -0.2) is 24.1 Å². The zero-order valence-corrected chi connectivity index (χ0v) is 11.8. The van der Waals surface area contributed by atoms with Crippen LogP contribution < -0.4 is 10.1 Å². The van der Waals surface area contributed by atoms with Gasteiger partial charge in [-0.1, -0.05) is 19.9 Å². The van der Waals surface area contributed by atoms with E-state index in [-0.39, 0.29) is 5.69 Å². The van der Waals surface area contributed by atoms with Crippen molar-refractivity contribution in [2.24, 2.45) is 0 Å². The van der Waals surface area contributed by atoms with Gasteiger partial charge in [-0.3, -0.25) is 10.1 Å². The van der Waals surface area contributed by atoms with Crippen molar-refractivity contribution < 1.29 is 9.66 Å². The van der Waals surface area contributed by atoms with Crippen LogP contribution in [0.5, 0.6) is 5.75 Å². The average molecular weight is 266 g/mol. The summed E-state index contributed by atoms with van der Waals surface area (Å²) in [5.41, 5.74) is 1.09. The number of likely N-dealkylation sites (N-methyl/N-ethyl adjacent to an activating group) is 1. The average Bonchev–Trinajstić information content (AvgIpc) is 2.38. The van der Waals surface area contributed by atoms with E-state index < -0.39 is 4.92 Å². The van der Waals surface area contributed by atoms with Crippen molar-refractivity contribution in [3.63, 3.8) is 0 Å². The second-order valence-electron chi connectivity index (χ2n) is 4.36. The van der Waals surface area contributed by atoms with Crippen molar-refractivity contribution in [2.45, 2.75) is 39.7 Å². The van der Waals surface area contributed by atoms with E-state index in [1.165, 1.54) is 6.07 Å². The second kappa shape index (κ2) is 7.74. The topological polar surface area (TPSA) is 64.4 Å². The van der Waals surface area contributed by atoms with Gasteiger partial charge in [-0.15, -0.1) is 0 Å². The molecule has 0 aliphatic heterocycles. The van der Waals surface area contributed by atoms with Gasteiger partial charge in [0.05, 0.1) is 11.5 Å². The molecule has 1 atom stereocenters. The smallest absolute Gasteiger partial charge is 0.310 e. The summed E-state index contributed by atoms with van der Waals surface area (Å²) in [4.78, 5) is 10.5. The Morgan fingerprint density at radius 2 is 2.11 bits per heavy atom. The fourth-order valence-corrected chi connectivity index (χ4v) is 2.04. The third-order valence-corrected chi connectivity index (χ3v) is 2.99. The molecule has 0 saturated heterocycles. The number of hydrogen-bond acceptors (Lipinski definition) is 4. The summed E-state index contributed by atoms with van der Waals surface area (Å²) in [6, 6.07) is 5.50. The maximum absolute atomic E-state index is 10.9. The Hall–Kier alpha value is -1.62. The number of nitrogens with one attached hydrogen (secondary N) is 1. The molecule has 1 unspecified atom stereocenters. The SMILES string of the molecule is CCNC(CC)Cc1ccc([N+](=O)[O-])c(OCC)c1. The van der Waals surface area contributed by atoms with Gasteiger partial charge in [0, 0.05) is 12.1 Å². The predicted octanol–water partition coefficient (Wildman–Crippen LogP) is 2.92. The van der Waals surface area contributed by atoms with Crippen LogP contribution in [0.15, 0.2) is 18.2 Å². The minimum atomic E-state index is -0.406. The zero-order chi connectivity index (χ0) is 14.3. The lowest BCUT2D eigenvalue weighted by Crippen LogP contribution is -2.30. The standard InChI is InChI=1S/C14H22N2O3/c1-4-12(15-5-2)9-11-7-8-13(16(17)18)14(10-11)19-6-3/h7-8,10,12,15H,4-6,9H2,1-3H3. The van der Waals surface area contributed by atoms with E-state index in [0.717, 1.165) is 24.9 Å². The van der Waals surface area contributed by atoms with Crippen molar-refractivity contribution in [1.82, 2.24) is 5.32 Å². The first-order chi connectivity index (χ1) is 9.12. The molecule has 5 heteroatoms. The van der Waals surface area contributed by atoms with E-state index in [1.54, 1.807) is 12.1 Å². The molecule has 106 valence electrons. The lowest BCUT2D eigenvalue weighted by molar-refractivity contribution is -0.385. The van der Waals surface area contributed by atoms with Crippen LogP contribution in [0.2, 0.25) is 0 Å². The first-order valence-corrected chi connectivity index (χ1v) is 6.75. The Bertz CT molecular complexity index is 421. The molecular formula is C14H22N2O3. The largest absolute Gasteiger partial charge is 0.487 e. The third-order valence-electron chi connectivity index (χ3n) is 2.99. The molecule has 0 amide bonds. The van der Waals surface area contributed by atoms with Crippen LogP contribution in [0.25, 0.3) is 0 Å². The van der Waals surface area contributed by atoms with Crippen LogP contribution in [0.3, 0.4) is 0 Å². The van der Waals surface area contributed by atoms with Crippen LogP contribution in [0.1, 0.15) is 32.8 Å². The van der Waals surface area contributed by atoms with E-state index in [1.807, 2.05) is 6.92 Å². The van der Waals surface area contributed by atoms with E-state index in [2.05, 4.69) is 19.2 Å². The molecule has 5 nitrogen and oxygen atoms in total. The third kappa shape index (κ3) is 4.52. The summed E-state index contributed by atoms with van der Waals surface area (Å²) in [6.07, 6.45) is 1.87. The van der Waals surface area contributed by atoms with Crippen molar-refractivity contribution in [3.8, 4) is 5.75 Å². The Morgan fingerprint density at radius 1 is 1.37 bits per heavy atom. The van der Waals surface area contributed by atoms with Gasteiger partial charge in [0.25, 0.3) is 0 Å². The van der Waals surface area contributed by atoms with E-state index >= 15 is 0 Å². The Morgan fingerprint density at radius 3 is 2.63 bits per heavy atom. The van der Waals surface area contributed by atoms with Crippen molar-refractivity contribution in [3.05, 3.63) is 33.9 Å². The van der Waals surface area contributed by atoms with E-state index in [4.69, 9.17) is 4.74 Å². The predicted molar refractivity (Wildman–Crippen MR) is 75.7 cm³/mol. The van der Waals surface area contributed by atoms with Crippen LogP contribution in [0, 0.1) is 10.1 Å². The lowest BCUT2D eigenvalue weighted by Gasteiger charge is -2.16. The summed E-state index contributed by atoms with van der Waals surface area (Å²) in [5.74, 6) is 0.358. The van der Waals surface area contributed by atoms with Gasteiger partial charge in [0.2, 0.25) is 0 Å². The molecule has 1 aromatic carbocycles. The first-order valence-electron chi connectivity index (χ1n) is 6.75. The minimum Gasteiger partial charge on any atom is -0.487 e. The fraction of sp³-hybridized carbons (Fsp3) is 0.571. The summed E-state index contributed by atoms with van der Waals surface area (Å²) in [6.45, 7) is 7.37. The van der Waals surface area contributed by atoms with Gasteiger partial charge in [-0.2, -0.15) is 0 Å². The molecule has 0 heterocycles. The van der Waals surface area contributed by atoms with Gasteiger partial charge in [-0.25, -0.2) is 0 Å². The Labute approximate surface area is 114 Å². The molecule has 0 bridgehead atoms. The highest BCUT2D eigenvalue weighted by Crippen LogP contribution is 2.28. The number of nitrogens with zero attached hydrogens (tertiary/aromatic N) is 1. The monoisotopic (exact) mass is 266 g/mol. The van der Waals surface area contributed by atoms with Crippen molar-refractivity contribution >= 4 is 5.69 Å². The summed E-state index contributed by atoms with van der Waals surface area (Å²) < 4.78 is 5.35. The molecule has 0 radical (unpaired) electrons. The summed E-state index contributed by atoms with van der Waals surface area (Å²) >= 11 is 0. The highest BCUT2D eigenvalue weighted by atomic mass is 16.6. The van der Waals surface area contributed by atoms with E-state index in [0.29, 0.717) is 18.4 Å². The normalized spacial score (nSPS) is 12.2. The molecule has 0 aromatic heterocycles. The highest BCUT2D eigenvalue weighted by molar-refractivity contribution is 5.48. The molecule has 1 N–H and O–H groups in total. The second-order valence-corrected chi connectivity index (χ2v) is 4.36. The molecule has 0 aliphatic rings. The lowest BCUT2D eigenvalue weighted by atomic mass is 10.0. The van der Waals surface area contributed by atoms with Crippen LogP contribution in [0.4, 0.5) is 5.69 Å². The Kier molecular flexibility index (Phi) is 6.29. The highest BCUT2D eigenvalue weighted by Gasteiger charge is 2.16. The number of ether oxygens (including phenoxy) is 1. The maximum atomic E-state index is 10.9. The molecule has 0 saturated carbocycles. The molecule has 19 heavy (non-hydrogen) atoms. The van der Waals surface area contributed by atoms with E-state index in [9.17, 15) is 10.1 Å². The minimum absolute atomic E-state index is 0.0297. The van der Waals surface area contributed by atoms with Gasteiger partial charge in [0.15, 0.2) is 5.75 Å². The zero-order valence-electron chi connectivity index (χ0n) is 11.8. The van der Waals surface area contributed by atoms with Crippen LogP contribution in [-0.2, 0) is 6.42 Å². The van der Waals surface area contributed by atoms with Gasteiger partial charge in [0.1, 0.15) is 0 Å². The van der Waals surface area contributed by atoms with Gasteiger partial charge >= 0.3 is 5.69 Å². The van der Waals surface area contributed by atoms with Gasteiger partial charge in [-0.05, 0) is 37.9 Å². The molecule has 1 rings (SSSR count). The number of nitro benzene ring substituents is 1.